The number of amides is 14. The number of likely N-dealkylation sites (N-methyl/N-ethyl adjacent to an activating group) is 5. The Morgan fingerprint density at radius 2 is 1.14 bits per heavy atom. The first-order valence-corrected chi connectivity index (χ1v) is 46.3. The minimum Gasteiger partial charge on any atom is -0.785 e. The second-order valence-electron chi connectivity index (χ2n) is 35.7. The van der Waals surface area contributed by atoms with Crippen LogP contribution in [0.2, 0.25) is 5.02 Å². The summed E-state index contributed by atoms with van der Waals surface area (Å²) < 4.78 is 0. The van der Waals surface area contributed by atoms with Crippen molar-refractivity contribution < 1.29 is 82.1 Å². The van der Waals surface area contributed by atoms with E-state index in [-0.39, 0.29) is 68.8 Å². The van der Waals surface area contributed by atoms with Gasteiger partial charge in [0.25, 0.3) is 0 Å². The van der Waals surface area contributed by atoms with Crippen LogP contribution in [0.1, 0.15) is 112 Å². The highest BCUT2D eigenvalue weighted by Gasteiger charge is 2.67. The number of carboxylic acids is 1. The molecule has 3 aliphatic rings. The number of primary amides is 1. The highest BCUT2D eigenvalue weighted by molar-refractivity contribution is 8.00. The quantitative estimate of drug-likeness (QED) is 0.0461. The molecular formula is C97H119ClN17O18S-. The van der Waals surface area contributed by atoms with Gasteiger partial charge < -0.3 is 103 Å². The normalized spacial score (nSPS) is 24.7. The zero-order valence-corrected chi connectivity index (χ0v) is 78.2. The molecule has 1 aliphatic heterocycles. The molecule has 14 N–H and O–H groups in total. The molecule has 6 aromatic carbocycles. The molecule has 3 heterocycles. The summed E-state index contributed by atoms with van der Waals surface area (Å²) in [5.41, 5.74) is 6.60. The number of rotatable bonds is 21. The van der Waals surface area contributed by atoms with Gasteiger partial charge in [-0.1, -0.05) is 174 Å². The van der Waals surface area contributed by atoms with Crippen LogP contribution in [0, 0.1) is 23.0 Å². The van der Waals surface area contributed by atoms with Gasteiger partial charge in [0.15, 0.2) is 0 Å². The first-order chi connectivity index (χ1) is 63.8. The van der Waals surface area contributed by atoms with Gasteiger partial charge in [0.2, 0.25) is 82.7 Å². The molecule has 2 spiro atoms. The number of para-hydroxylation sites is 1. The Balaban J connectivity index is 0.973. The van der Waals surface area contributed by atoms with Crippen molar-refractivity contribution in [1.82, 2.24) is 82.1 Å². The van der Waals surface area contributed by atoms with Gasteiger partial charge in [-0.3, -0.25) is 71.9 Å². The third-order valence-corrected chi connectivity index (χ3v) is 26.4. The van der Waals surface area contributed by atoms with E-state index in [9.17, 15) is 39.0 Å². The number of H-pyrrole nitrogens is 2. The second-order valence-corrected chi connectivity index (χ2v) is 37.2. The zero-order chi connectivity index (χ0) is 97.2. The van der Waals surface area contributed by atoms with Gasteiger partial charge >= 0.3 is 5.97 Å². The van der Waals surface area contributed by atoms with Crippen LogP contribution in [-0.4, -0.2) is 277 Å². The highest BCUT2D eigenvalue weighted by Crippen LogP contribution is 2.54. The summed E-state index contributed by atoms with van der Waals surface area (Å²) in [7, 11) is 6.85. The Kier molecular flexibility index (Phi) is 34.4. The van der Waals surface area contributed by atoms with E-state index in [1.165, 1.54) is 74.2 Å². The summed E-state index contributed by atoms with van der Waals surface area (Å²) in [6.07, 6.45) is 2.10. The van der Waals surface area contributed by atoms with Crippen molar-refractivity contribution in [3.8, 4) is 5.75 Å². The molecule has 14 amide bonds. The average Bonchev–Trinajstić information content (AvgIpc) is 1.55. The fraction of sp³-hybridized carbons (Fsp3) is 0.433. The molecule has 35 nitrogen and oxygen atoms in total. The number of phenols is 1. The molecule has 1 saturated heterocycles. The van der Waals surface area contributed by atoms with Crippen LogP contribution >= 0.6 is 23.4 Å². The zero-order valence-electron chi connectivity index (χ0n) is 76.7. The molecule has 8 aromatic rings. The van der Waals surface area contributed by atoms with E-state index in [0.29, 0.717) is 78.1 Å². The largest absolute Gasteiger partial charge is 0.785 e. The van der Waals surface area contributed by atoms with E-state index in [1.54, 1.807) is 174 Å². The number of fused-ring (bicyclic) bond motifs is 2. The van der Waals surface area contributed by atoms with Gasteiger partial charge in [-0.05, 0) is 120 Å². The molecular weight excluding hydrogens is 1760 g/mol. The molecule has 714 valence electrons. The van der Waals surface area contributed by atoms with E-state index in [2.05, 4.69) is 52.5 Å². The minimum atomic E-state index is -1.90. The van der Waals surface area contributed by atoms with E-state index in [4.69, 9.17) is 17.3 Å². The second kappa shape index (κ2) is 45.5. The van der Waals surface area contributed by atoms with Crippen LogP contribution in [0.4, 0.5) is 0 Å². The van der Waals surface area contributed by atoms with Gasteiger partial charge in [-0.15, -0.1) is 11.8 Å². The number of hydrogen-bond acceptors (Lipinski definition) is 19. The Labute approximate surface area is 786 Å². The standard InChI is InChI=1S/C97H119ClN17O18S/c1-11-23-64-48-97(64)95(132)111(7)53-81(118)103-74(47-83(120)121)88(125)108-84(57(4)5)93(130)112(8)77(42-58-24-15-12-16-25-58)89(126)106-75(44-62-50-101-71-37-34-65(98)46-68(62)71)91(128)110(6)38-39-115(133)78(45-63-51-100-70-31-22-21-30-67(63)70)90(127)105-73(41-60-32-35-66(116)36-33-60)87(124)104-72(40-56(2)3)86(123)107-76(85(122)102-52-80(99)117)54-134-55-82(119)109-96(49-69(96)61-28-19-14-20-29-61)94(131)113(9)79(92(129)114(97)10)43-59-26-17-13-18-27-59/h12-22,24-37,46,50-51,56-57,64,69,72-79,84,100-101,116H,11,23,38-45,47-49,52-55H2,1-10H3,(H2,99,117)(H,102,122)(H,103,118)(H,104,124)(H,105,127)(H,106,126)(H,107,123)(H,108,125)(H,109,119)(H,120,121)/q-1/t64?,69?,72-,73-,74-,75-,76-,77?,78-,79-,84-,96+,97?/m0/s1. The number of carbonyl (C=O) groups is 15. The number of halogens is 1. The molecule has 2 saturated carbocycles. The van der Waals surface area contributed by atoms with Crippen molar-refractivity contribution in [3.05, 3.63) is 214 Å². The molecule has 2 aromatic heterocycles. The Bertz CT molecular complexity index is 5590. The summed E-state index contributed by atoms with van der Waals surface area (Å²) in [4.78, 5) is 236. The summed E-state index contributed by atoms with van der Waals surface area (Å²) in [6.45, 7) is 6.08. The van der Waals surface area contributed by atoms with Crippen LogP contribution in [0.25, 0.3) is 21.8 Å². The molecule has 13 atom stereocenters. The first-order valence-electron chi connectivity index (χ1n) is 44.8. The number of aromatic amines is 2. The molecule has 134 heavy (non-hydrogen) atoms. The maximum absolute atomic E-state index is 15.9. The van der Waals surface area contributed by atoms with Crippen LogP contribution in [0.5, 0.6) is 5.75 Å². The lowest BCUT2D eigenvalue weighted by atomic mass is 9.98. The number of aromatic hydroxyl groups is 1. The maximum atomic E-state index is 15.9. The summed E-state index contributed by atoms with van der Waals surface area (Å²) in [6, 6.07) is 29.8. The molecule has 11 rings (SSSR count). The summed E-state index contributed by atoms with van der Waals surface area (Å²) in [5.74, 6) is -17.1. The fourth-order valence-electron chi connectivity index (χ4n) is 17.6. The minimum absolute atomic E-state index is 0.0391. The molecule has 4 unspecified atom stereocenters. The average molecular weight is 1880 g/mol. The maximum Gasteiger partial charge on any atom is 0.305 e. The van der Waals surface area contributed by atoms with Gasteiger partial charge in [-0.25, -0.2) is 0 Å². The number of hydrogen-bond donors (Lipinski definition) is 13. The number of nitrogens with one attached hydrogen (secondary N) is 10. The molecule has 0 bridgehead atoms. The lowest BCUT2D eigenvalue weighted by molar-refractivity contribution is -0.153. The third kappa shape index (κ3) is 25.4. The van der Waals surface area contributed by atoms with Crippen LogP contribution in [0.3, 0.4) is 0 Å². The number of nitrogens with zero attached hydrogens (tertiary/aromatic N) is 6. The lowest BCUT2D eigenvalue weighted by Crippen LogP contribution is -2.61. The van der Waals surface area contributed by atoms with Crippen molar-refractivity contribution in [2.45, 2.75) is 177 Å². The van der Waals surface area contributed by atoms with Gasteiger partial charge in [0.1, 0.15) is 65.2 Å². The van der Waals surface area contributed by atoms with Gasteiger partial charge in [0.05, 0.1) is 31.3 Å². The predicted octanol–water partition coefficient (Wildman–Crippen LogP) is 4.75. The number of benzene rings is 6. The Morgan fingerprint density at radius 3 is 1.77 bits per heavy atom. The number of thioether (sulfide) groups is 1. The number of carboxylic acid groups (broad SMARTS) is 1. The highest BCUT2D eigenvalue weighted by atomic mass is 35.5. The molecule has 37 heteroatoms. The number of aliphatic carboxylic acids is 1. The van der Waals surface area contributed by atoms with Gasteiger partial charge in [0, 0.05) is 125 Å². The number of carbonyl (C=O) groups excluding carboxylic acids is 14. The first kappa shape index (κ1) is 101. The van der Waals surface area contributed by atoms with E-state index in [0.717, 1.165) is 21.6 Å². The van der Waals surface area contributed by atoms with Crippen LogP contribution < -0.4 is 48.3 Å². The van der Waals surface area contributed by atoms with Crippen molar-refractivity contribution in [3.63, 3.8) is 0 Å². The van der Waals surface area contributed by atoms with E-state index < -0.39 is 210 Å². The molecule has 2 aliphatic carbocycles. The van der Waals surface area contributed by atoms with E-state index >= 15 is 48.4 Å². The van der Waals surface area contributed by atoms with Crippen molar-refractivity contribution in [1.29, 1.82) is 0 Å². The van der Waals surface area contributed by atoms with Crippen molar-refractivity contribution in [2.75, 3.05) is 72.9 Å². The lowest BCUT2D eigenvalue weighted by Gasteiger charge is -2.38. The summed E-state index contributed by atoms with van der Waals surface area (Å²) >= 11 is 7.44. The monoisotopic (exact) mass is 1880 g/mol. The smallest absolute Gasteiger partial charge is 0.305 e. The Hall–Kier alpha value is -13.2. The van der Waals surface area contributed by atoms with Gasteiger partial charge in [-0.2, -0.15) is 0 Å². The predicted molar refractivity (Wildman–Crippen MR) is 504 cm³/mol. The van der Waals surface area contributed by atoms with Crippen molar-refractivity contribution >= 4 is 134 Å². The van der Waals surface area contributed by atoms with Crippen LogP contribution in [-0.2, 0) is 104 Å². The third-order valence-electron chi connectivity index (χ3n) is 25.1. The van der Waals surface area contributed by atoms with Crippen molar-refractivity contribution in [2.24, 2.45) is 23.5 Å². The SMILES string of the molecule is CCCC1CC12C(=O)N(C)CC(=O)N[C@@H](CC(=O)O)C(=O)N[C@@H](C(C)C)C(=O)N(C)C(Cc1ccccc1)C(=O)N[C@@H](Cc1c[nH]c3ccc(Cl)cc13)C(=O)N(C)CCN([O-])[C@@H](Cc1c[nH]c3ccccc13)C(=O)N[C@@H](Cc1ccc(O)cc1)C(=O)N[C@@H](CC(C)C)C(=O)N[C@H](C(=O)NCC(N)=O)CSCC(=O)N[C@@]1(CC1c1ccccc1)C(=O)N(C)[C@@H](Cc1ccccc1)C(=O)N2C. The number of hydroxylamine groups is 2. The summed E-state index contributed by atoms with van der Waals surface area (Å²) in [5, 5.41) is 59.8. The Morgan fingerprint density at radius 1 is 0.567 bits per heavy atom. The molecule has 3 fully saturated rings. The fourth-order valence-corrected chi connectivity index (χ4v) is 18.6. The number of phenolic OH excluding ortho intramolecular Hbond substituents is 1. The van der Waals surface area contributed by atoms with Crippen LogP contribution in [0.15, 0.2) is 170 Å². The topological polar surface area (TPSA) is 493 Å². The number of aromatic nitrogens is 2. The number of nitrogens with two attached hydrogens (primary N) is 1. The van der Waals surface area contributed by atoms with E-state index in [1.807, 2.05) is 6.92 Å². The molecule has 0 radical (unpaired) electrons.